The van der Waals surface area contributed by atoms with Gasteiger partial charge >= 0.3 is 11.9 Å². The second-order valence-corrected chi connectivity index (χ2v) is 9.74. The van der Waals surface area contributed by atoms with E-state index in [1.54, 1.807) is 9.47 Å². The summed E-state index contributed by atoms with van der Waals surface area (Å²) in [6, 6.07) is 0.948. The van der Waals surface area contributed by atoms with Gasteiger partial charge < -0.3 is 35.1 Å². The van der Waals surface area contributed by atoms with Crippen LogP contribution in [0.15, 0.2) is 29.5 Å². The first-order valence-electron chi connectivity index (χ1n) is 11.8. The van der Waals surface area contributed by atoms with Crippen molar-refractivity contribution in [1.29, 1.82) is 0 Å². The van der Waals surface area contributed by atoms with Gasteiger partial charge in [0.2, 0.25) is 5.43 Å². The van der Waals surface area contributed by atoms with Gasteiger partial charge in [-0.15, -0.1) is 0 Å². The van der Waals surface area contributed by atoms with E-state index in [4.69, 9.17) is 11.6 Å². The Morgan fingerprint density at radius 2 is 2.14 bits per heavy atom. The molecule has 2 aliphatic rings. The smallest absolute Gasteiger partial charge is 0.434 e. The highest BCUT2D eigenvalue weighted by Crippen LogP contribution is 2.42. The molecule has 0 spiro atoms. The predicted octanol–water partition coefficient (Wildman–Crippen LogP) is 2.16. The number of aliphatic hydroxyl groups is 1. The van der Waals surface area contributed by atoms with Crippen molar-refractivity contribution in [1.82, 2.24) is 19.4 Å². The van der Waals surface area contributed by atoms with Crippen molar-refractivity contribution in [3.05, 3.63) is 61.4 Å². The number of carbonyl (C=O) groups is 1. The van der Waals surface area contributed by atoms with Crippen LogP contribution < -0.4 is 15.6 Å². The number of benzene rings is 1. The quantitative estimate of drug-likeness (QED) is 0.276. The number of rotatable bonds is 9. The number of anilines is 1. The van der Waals surface area contributed by atoms with Gasteiger partial charge in [0.15, 0.2) is 0 Å². The molecule has 37 heavy (non-hydrogen) atoms. The number of carboxylic acid groups (broad SMARTS) is 1. The molecule has 0 radical (unpaired) electrons. The molecular formula is C23H24ClFN6O6. The third kappa shape index (κ3) is 4.77. The lowest BCUT2D eigenvalue weighted by molar-refractivity contribution is -0.397. The fraction of sp³-hybridized carbons (Fsp3) is 0.435. The lowest BCUT2D eigenvalue weighted by Crippen LogP contribution is -2.39. The van der Waals surface area contributed by atoms with Crippen LogP contribution in [-0.2, 0) is 6.54 Å². The average molecular weight is 535 g/mol. The summed E-state index contributed by atoms with van der Waals surface area (Å²) in [7, 11) is 0. The molecule has 1 aliphatic carbocycles. The number of halogens is 2. The summed E-state index contributed by atoms with van der Waals surface area (Å²) in [5.74, 6) is -2.44. The van der Waals surface area contributed by atoms with Crippen molar-refractivity contribution in [2.45, 2.75) is 44.0 Å². The maximum atomic E-state index is 15.3. The number of aromatic carboxylic acids is 1. The highest BCUT2D eigenvalue weighted by atomic mass is 35.5. The molecule has 0 bridgehead atoms. The van der Waals surface area contributed by atoms with Crippen LogP contribution in [0.4, 0.5) is 16.0 Å². The van der Waals surface area contributed by atoms with Gasteiger partial charge in [-0.1, -0.05) is 16.6 Å². The summed E-state index contributed by atoms with van der Waals surface area (Å²) in [5.41, 5.74) is -0.735. The Bertz CT molecular complexity index is 1450. The Labute approximate surface area is 214 Å². The molecule has 3 aromatic rings. The number of pyridine rings is 1. The molecule has 3 N–H and O–H groups in total. The molecule has 1 aromatic carbocycles. The molecule has 1 saturated carbocycles. The Hall–Kier alpha value is -3.55. The SMILES string of the molecule is O=C(O)c1cn(C2CC2)c2c(Cl)c(N3CCC(NCC(O)Cn4ccnc4[N+](=O)[O-])C3)c(F)cc2c1=O. The predicted molar refractivity (Wildman–Crippen MR) is 132 cm³/mol. The fourth-order valence-corrected chi connectivity index (χ4v) is 5.26. The van der Waals surface area contributed by atoms with Gasteiger partial charge in [0, 0.05) is 37.9 Å². The van der Waals surface area contributed by atoms with Crippen LogP contribution in [0.3, 0.4) is 0 Å². The minimum absolute atomic E-state index is 0.00202. The molecular weight excluding hydrogens is 511 g/mol. The number of carboxylic acids is 1. The normalized spacial score (nSPS) is 18.5. The van der Waals surface area contributed by atoms with Gasteiger partial charge in [0.25, 0.3) is 0 Å². The van der Waals surface area contributed by atoms with E-state index >= 15 is 4.39 Å². The zero-order chi connectivity index (χ0) is 26.4. The molecule has 2 aromatic heterocycles. The largest absolute Gasteiger partial charge is 0.477 e. The maximum Gasteiger partial charge on any atom is 0.434 e. The van der Waals surface area contributed by atoms with Crippen molar-refractivity contribution in [3.63, 3.8) is 0 Å². The topological polar surface area (TPSA) is 156 Å². The molecule has 2 fully saturated rings. The molecule has 1 aliphatic heterocycles. The van der Waals surface area contributed by atoms with E-state index in [-0.39, 0.29) is 47.2 Å². The molecule has 5 rings (SSSR count). The Morgan fingerprint density at radius 3 is 2.81 bits per heavy atom. The highest BCUT2D eigenvalue weighted by molar-refractivity contribution is 6.38. The van der Waals surface area contributed by atoms with Crippen LogP contribution in [0.25, 0.3) is 10.9 Å². The summed E-state index contributed by atoms with van der Waals surface area (Å²) in [6.07, 6.45) is 5.32. The molecule has 0 amide bonds. The van der Waals surface area contributed by atoms with Crippen molar-refractivity contribution in [2.75, 3.05) is 24.5 Å². The summed E-state index contributed by atoms with van der Waals surface area (Å²) in [6.45, 7) is 0.980. The van der Waals surface area contributed by atoms with Crippen LogP contribution in [-0.4, -0.2) is 67.0 Å². The number of fused-ring (bicyclic) bond motifs is 1. The number of hydrogen-bond donors (Lipinski definition) is 3. The van der Waals surface area contributed by atoms with Gasteiger partial charge in [-0.05, 0) is 30.3 Å². The van der Waals surface area contributed by atoms with Gasteiger partial charge in [-0.3, -0.25) is 4.79 Å². The highest BCUT2D eigenvalue weighted by Gasteiger charge is 2.32. The van der Waals surface area contributed by atoms with Crippen LogP contribution in [0, 0.1) is 15.9 Å². The lowest BCUT2D eigenvalue weighted by atomic mass is 10.1. The van der Waals surface area contributed by atoms with Crippen LogP contribution in [0.2, 0.25) is 5.02 Å². The van der Waals surface area contributed by atoms with Crippen LogP contribution >= 0.6 is 11.6 Å². The summed E-state index contributed by atoms with van der Waals surface area (Å²) >= 11 is 6.69. The van der Waals surface area contributed by atoms with E-state index in [9.17, 15) is 29.9 Å². The number of aliphatic hydroxyl groups excluding tert-OH is 1. The maximum absolute atomic E-state index is 15.3. The fourth-order valence-electron chi connectivity index (χ4n) is 4.85. The van der Waals surface area contributed by atoms with E-state index in [1.165, 1.54) is 23.2 Å². The molecule has 2 atom stereocenters. The van der Waals surface area contributed by atoms with E-state index in [0.717, 1.165) is 18.9 Å². The first kappa shape index (κ1) is 25.1. The summed E-state index contributed by atoms with van der Waals surface area (Å²) in [5, 5.41) is 34.0. The van der Waals surface area contributed by atoms with Crippen molar-refractivity contribution in [2.24, 2.45) is 0 Å². The number of nitrogens with one attached hydrogen (secondary N) is 1. The molecule has 14 heteroatoms. The minimum Gasteiger partial charge on any atom is -0.477 e. The van der Waals surface area contributed by atoms with Crippen LogP contribution in [0.5, 0.6) is 0 Å². The third-order valence-corrected chi connectivity index (χ3v) is 7.12. The first-order chi connectivity index (χ1) is 17.7. The van der Waals surface area contributed by atoms with Crippen molar-refractivity contribution < 1.29 is 24.3 Å². The Kier molecular flexibility index (Phi) is 6.60. The van der Waals surface area contributed by atoms with Crippen LogP contribution in [0.1, 0.15) is 35.7 Å². The standard InChI is InChI=1S/C23H24ClFN6O6/c24-18-19-15(21(33)16(22(34)35)11-30(19)13-1-2-13)7-17(25)20(18)28-5-3-12(9-28)27-8-14(32)10-29-6-4-26-23(29)31(36)37/h4,6-7,11-14,27,32H,1-3,5,8-10H2,(H,34,35). The second-order valence-electron chi connectivity index (χ2n) is 9.36. The monoisotopic (exact) mass is 534 g/mol. The number of aromatic nitrogens is 3. The molecule has 12 nitrogen and oxygen atoms in total. The number of nitrogens with zero attached hydrogens (tertiary/aromatic N) is 5. The van der Waals surface area contributed by atoms with Gasteiger partial charge in [0.05, 0.1) is 34.3 Å². The summed E-state index contributed by atoms with van der Waals surface area (Å²) < 4.78 is 18.2. The molecule has 2 unspecified atom stereocenters. The Balaban J connectivity index is 1.34. The van der Waals surface area contributed by atoms with E-state index in [1.807, 2.05) is 0 Å². The minimum atomic E-state index is -1.37. The average Bonchev–Trinajstić information content (AvgIpc) is 3.39. The Morgan fingerprint density at radius 1 is 1.38 bits per heavy atom. The summed E-state index contributed by atoms with van der Waals surface area (Å²) in [4.78, 5) is 40.1. The van der Waals surface area contributed by atoms with E-state index in [0.29, 0.717) is 25.0 Å². The molecule has 3 heterocycles. The van der Waals surface area contributed by atoms with E-state index in [2.05, 4.69) is 10.3 Å². The number of nitro groups is 1. The third-order valence-electron chi connectivity index (χ3n) is 6.77. The van der Waals surface area contributed by atoms with Crippen molar-refractivity contribution >= 4 is 40.1 Å². The molecule has 196 valence electrons. The lowest BCUT2D eigenvalue weighted by Gasteiger charge is -2.24. The van der Waals surface area contributed by atoms with Gasteiger partial charge in [-0.25, -0.2) is 13.8 Å². The van der Waals surface area contributed by atoms with E-state index < -0.39 is 33.8 Å². The van der Waals surface area contributed by atoms with Crippen molar-refractivity contribution in [3.8, 4) is 0 Å². The first-order valence-corrected chi connectivity index (χ1v) is 12.2. The zero-order valence-corrected chi connectivity index (χ0v) is 20.3. The van der Waals surface area contributed by atoms with Gasteiger partial charge in [-0.2, -0.15) is 0 Å². The van der Waals surface area contributed by atoms with Gasteiger partial charge in [0.1, 0.15) is 23.8 Å². The number of imidazole rings is 1. The molecule has 1 saturated heterocycles. The zero-order valence-electron chi connectivity index (χ0n) is 19.5. The number of hydrogen-bond acceptors (Lipinski definition) is 8. The second kappa shape index (κ2) is 9.72.